The van der Waals surface area contributed by atoms with E-state index in [1.165, 1.54) is 11.1 Å². The van der Waals surface area contributed by atoms with Crippen molar-refractivity contribution < 1.29 is 9.32 Å². The Balaban J connectivity index is 1.75. The predicted octanol–water partition coefficient (Wildman–Crippen LogP) is 4.30. The van der Waals surface area contributed by atoms with Gasteiger partial charge in [-0.1, -0.05) is 50.2 Å². The van der Waals surface area contributed by atoms with E-state index in [1.807, 2.05) is 30.9 Å². The van der Waals surface area contributed by atoms with Crippen LogP contribution in [0.4, 0.5) is 10.6 Å². The molecule has 5 heteroatoms. The number of urea groups is 1. The molecule has 1 aliphatic heterocycles. The molecule has 0 aliphatic carbocycles. The third-order valence-electron chi connectivity index (χ3n) is 4.11. The Kier molecular flexibility index (Phi) is 3.88. The van der Waals surface area contributed by atoms with Crippen molar-refractivity contribution in [2.45, 2.75) is 45.7 Å². The first-order valence-corrected chi connectivity index (χ1v) is 7.72. The van der Waals surface area contributed by atoms with E-state index >= 15 is 0 Å². The largest absolute Gasteiger partial charge is 0.359 e. The first-order chi connectivity index (χ1) is 10.6. The van der Waals surface area contributed by atoms with Crippen molar-refractivity contribution in [3.63, 3.8) is 0 Å². The number of fused-ring (bicyclic) bond motifs is 1. The molecule has 5 nitrogen and oxygen atoms in total. The fourth-order valence-corrected chi connectivity index (χ4v) is 2.92. The van der Waals surface area contributed by atoms with Gasteiger partial charge >= 0.3 is 6.03 Å². The number of hydrogen-bond donors (Lipinski definition) is 1. The first-order valence-electron chi connectivity index (χ1n) is 7.72. The molecule has 1 N–H and O–H groups in total. The highest BCUT2D eigenvalue weighted by atomic mass is 16.5. The molecule has 0 saturated carbocycles. The maximum Gasteiger partial charge on any atom is 0.323 e. The Morgan fingerprint density at radius 3 is 2.91 bits per heavy atom. The second-order valence-electron chi connectivity index (χ2n) is 5.95. The van der Waals surface area contributed by atoms with E-state index in [-0.39, 0.29) is 18.0 Å². The zero-order chi connectivity index (χ0) is 15.7. The highest BCUT2D eigenvalue weighted by molar-refractivity contribution is 5.89. The number of carbonyl (C=O) groups is 1. The van der Waals surface area contributed by atoms with E-state index in [2.05, 4.69) is 29.5 Å². The lowest BCUT2D eigenvalue weighted by molar-refractivity contribution is 0.192. The molecule has 1 unspecified atom stereocenters. The molecule has 3 rings (SSSR count). The second kappa shape index (κ2) is 5.83. The van der Waals surface area contributed by atoms with E-state index in [4.69, 9.17) is 4.52 Å². The molecule has 0 saturated heterocycles. The molecule has 2 heterocycles. The average molecular weight is 299 g/mol. The molecular weight excluding hydrogens is 278 g/mol. The third-order valence-corrected chi connectivity index (χ3v) is 4.11. The second-order valence-corrected chi connectivity index (χ2v) is 5.95. The SMILES string of the molecule is CCC1c2ccccc2CN1C(=O)Nc1cc(C(C)C)on1. The standard InChI is InChI=1S/C17H21N3O2/c1-4-14-13-8-6-5-7-12(13)10-20(14)17(21)18-16-9-15(11(2)3)22-19-16/h5-9,11,14H,4,10H2,1-3H3,(H,18,19,21). The zero-order valence-electron chi connectivity index (χ0n) is 13.2. The quantitative estimate of drug-likeness (QED) is 0.919. The number of amides is 2. The topological polar surface area (TPSA) is 58.4 Å². The minimum Gasteiger partial charge on any atom is -0.359 e. The van der Waals surface area contributed by atoms with Crippen LogP contribution in [0.5, 0.6) is 0 Å². The van der Waals surface area contributed by atoms with Gasteiger partial charge in [-0.3, -0.25) is 5.32 Å². The molecule has 0 radical (unpaired) electrons. The van der Waals surface area contributed by atoms with Crippen molar-refractivity contribution in [1.29, 1.82) is 0 Å². The summed E-state index contributed by atoms with van der Waals surface area (Å²) in [6.45, 7) is 6.78. The van der Waals surface area contributed by atoms with Crippen LogP contribution in [0.2, 0.25) is 0 Å². The number of rotatable bonds is 3. The number of aromatic nitrogens is 1. The van der Waals surface area contributed by atoms with E-state index in [1.54, 1.807) is 6.07 Å². The van der Waals surface area contributed by atoms with Gasteiger partial charge < -0.3 is 9.42 Å². The minimum absolute atomic E-state index is 0.118. The number of nitrogens with zero attached hydrogens (tertiary/aromatic N) is 2. The molecule has 116 valence electrons. The molecule has 2 aromatic rings. The molecular formula is C17H21N3O2. The van der Waals surface area contributed by atoms with Crippen molar-refractivity contribution in [2.75, 3.05) is 5.32 Å². The highest BCUT2D eigenvalue weighted by Gasteiger charge is 2.32. The fourth-order valence-electron chi connectivity index (χ4n) is 2.92. The third kappa shape index (κ3) is 2.58. The molecule has 22 heavy (non-hydrogen) atoms. The van der Waals surface area contributed by atoms with Crippen molar-refractivity contribution in [1.82, 2.24) is 10.1 Å². The molecule has 1 aliphatic rings. The summed E-state index contributed by atoms with van der Waals surface area (Å²) < 4.78 is 5.22. The van der Waals surface area contributed by atoms with Crippen LogP contribution >= 0.6 is 0 Å². The van der Waals surface area contributed by atoms with Gasteiger partial charge in [-0.05, 0) is 17.5 Å². The lowest BCUT2D eigenvalue weighted by atomic mass is 10.0. The van der Waals surface area contributed by atoms with Gasteiger partial charge in [-0.2, -0.15) is 0 Å². The summed E-state index contributed by atoms with van der Waals surface area (Å²) in [5.41, 5.74) is 2.45. The molecule has 1 aromatic carbocycles. The lowest BCUT2D eigenvalue weighted by Crippen LogP contribution is -2.33. The maximum atomic E-state index is 12.6. The van der Waals surface area contributed by atoms with Gasteiger partial charge in [0.1, 0.15) is 5.76 Å². The number of carbonyl (C=O) groups excluding carboxylic acids is 1. The molecule has 0 fully saturated rings. The summed E-state index contributed by atoms with van der Waals surface area (Å²) in [6.07, 6.45) is 0.889. The van der Waals surface area contributed by atoms with Gasteiger partial charge in [0.05, 0.1) is 6.04 Å². The van der Waals surface area contributed by atoms with Gasteiger partial charge in [0.25, 0.3) is 0 Å². The van der Waals surface area contributed by atoms with Crippen LogP contribution in [-0.4, -0.2) is 16.1 Å². The average Bonchev–Trinajstić information content (AvgIpc) is 3.10. The molecule has 0 bridgehead atoms. The summed E-state index contributed by atoms with van der Waals surface area (Å²) in [4.78, 5) is 14.4. The van der Waals surface area contributed by atoms with E-state index in [9.17, 15) is 4.79 Å². The van der Waals surface area contributed by atoms with Crippen LogP contribution in [0.1, 0.15) is 56.0 Å². The number of benzene rings is 1. The Morgan fingerprint density at radius 2 is 2.23 bits per heavy atom. The van der Waals surface area contributed by atoms with Gasteiger partial charge in [-0.25, -0.2) is 4.79 Å². The van der Waals surface area contributed by atoms with Crippen molar-refractivity contribution >= 4 is 11.8 Å². The van der Waals surface area contributed by atoms with E-state index in [0.29, 0.717) is 12.4 Å². The van der Waals surface area contributed by atoms with Gasteiger partial charge in [-0.15, -0.1) is 0 Å². The normalized spacial score (nSPS) is 16.9. The summed E-state index contributed by atoms with van der Waals surface area (Å²) in [6, 6.07) is 9.99. The molecule has 1 atom stereocenters. The van der Waals surface area contributed by atoms with E-state index in [0.717, 1.165) is 12.2 Å². The Bertz CT molecular complexity index is 678. The van der Waals surface area contributed by atoms with Crippen molar-refractivity contribution in [3.05, 3.63) is 47.2 Å². The molecule has 1 aromatic heterocycles. The summed E-state index contributed by atoms with van der Waals surface area (Å²) in [7, 11) is 0. The van der Waals surface area contributed by atoms with Crippen LogP contribution in [0.3, 0.4) is 0 Å². The van der Waals surface area contributed by atoms with Gasteiger partial charge in [0.2, 0.25) is 0 Å². The smallest absolute Gasteiger partial charge is 0.323 e. The van der Waals surface area contributed by atoms with Gasteiger partial charge in [0.15, 0.2) is 5.82 Å². The number of anilines is 1. The van der Waals surface area contributed by atoms with Crippen LogP contribution in [-0.2, 0) is 6.54 Å². The zero-order valence-corrected chi connectivity index (χ0v) is 13.2. The van der Waals surface area contributed by atoms with Gasteiger partial charge in [0, 0.05) is 18.5 Å². The minimum atomic E-state index is -0.133. The number of hydrogen-bond acceptors (Lipinski definition) is 3. The summed E-state index contributed by atoms with van der Waals surface area (Å²) >= 11 is 0. The Morgan fingerprint density at radius 1 is 1.45 bits per heavy atom. The highest BCUT2D eigenvalue weighted by Crippen LogP contribution is 2.36. The van der Waals surface area contributed by atoms with Crippen LogP contribution in [0.25, 0.3) is 0 Å². The van der Waals surface area contributed by atoms with E-state index < -0.39 is 0 Å². The summed E-state index contributed by atoms with van der Waals surface area (Å²) in [5.74, 6) is 1.49. The summed E-state index contributed by atoms with van der Waals surface area (Å²) in [5, 5.41) is 6.76. The Labute approximate surface area is 130 Å². The van der Waals surface area contributed by atoms with Crippen molar-refractivity contribution in [3.8, 4) is 0 Å². The lowest BCUT2D eigenvalue weighted by Gasteiger charge is -2.23. The van der Waals surface area contributed by atoms with Crippen LogP contribution in [0, 0.1) is 0 Å². The van der Waals surface area contributed by atoms with Crippen LogP contribution in [0.15, 0.2) is 34.9 Å². The molecule has 0 spiro atoms. The first kappa shape index (κ1) is 14.6. The number of nitrogens with one attached hydrogen (secondary N) is 1. The maximum absolute atomic E-state index is 12.6. The Hall–Kier alpha value is -2.30. The fraction of sp³-hybridized carbons (Fsp3) is 0.412. The van der Waals surface area contributed by atoms with Crippen molar-refractivity contribution in [2.24, 2.45) is 0 Å². The molecule has 2 amide bonds. The monoisotopic (exact) mass is 299 g/mol. The van der Waals surface area contributed by atoms with Crippen LogP contribution < -0.4 is 5.32 Å². The predicted molar refractivity (Wildman–Crippen MR) is 84.6 cm³/mol.